The van der Waals surface area contributed by atoms with Crippen molar-refractivity contribution in [1.82, 2.24) is 4.90 Å². The molecule has 39 heavy (non-hydrogen) atoms. The van der Waals surface area contributed by atoms with Crippen LogP contribution in [-0.2, 0) is 11.3 Å². The predicted molar refractivity (Wildman–Crippen MR) is 157 cm³/mol. The fourth-order valence-electron chi connectivity index (χ4n) is 5.27. The molecule has 0 unspecified atom stereocenters. The first-order valence-corrected chi connectivity index (χ1v) is 14.0. The average molecular weight is 523 g/mol. The smallest absolute Gasteiger partial charge is 0.320 e. The number of rotatable bonds is 11. The molecule has 0 bridgehead atoms. The summed E-state index contributed by atoms with van der Waals surface area (Å²) in [5.74, 6) is 0.0777. The fourth-order valence-corrected chi connectivity index (χ4v) is 5.27. The molecule has 0 amide bonds. The van der Waals surface area contributed by atoms with Gasteiger partial charge in [-0.1, -0.05) is 86.9 Å². The molecule has 5 heteroatoms. The Morgan fingerprint density at radius 1 is 1.08 bits per heavy atom. The van der Waals surface area contributed by atoms with Gasteiger partial charge in [0.15, 0.2) is 0 Å². The molecular formula is C34H38N2O3. The van der Waals surface area contributed by atoms with Gasteiger partial charge in [0.05, 0.1) is 12.2 Å². The van der Waals surface area contributed by atoms with Gasteiger partial charge in [-0.3, -0.25) is 9.69 Å². The lowest BCUT2D eigenvalue weighted by Crippen LogP contribution is -2.44. The molecule has 3 aromatic rings. The molecule has 1 aliphatic heterocycles. The molecule has 1 aliphatic rings. The number of aryl methyl sites for hydroxylation is 1. The van der Waals surface area contributed by atoms with Crippen LogP contribution >= 0.6 is 0 Å². The van der Waals surface area contributed by atoms with Crippen molar-refractivity contribution >= 4 is 18.1 Å². The van der Waals surface area contributed by atoms with Gasteiger partial charge in [0.2, 0.25) is 0 Å². The number of nitriles is 1. The second-order valence-electron chi connectivity index (χ2n) is 10.3. The lowest BCUT2D eigenvalue weighted by atomic mass is 9.95. The third-order valence-electron chi connectivity index (χ3n) is 7.46. The molecule has 0 saturated carbocycles. The molecule has 1 heterocycles. The first-order valence-electron chi connectivity index (χ1n) is 14.0. The second kappa shape index (κ2) is 13.8. The quantitative estimate of drug-likeness (QED) is 0.206. The van der Waals surface area contributed by atoms with Gasteiger partial charge in [-0.2, -0.15) is 5.26 Å². The van der Waals surface area contributed by atoms with E-state index >= 15 is 0 Å². The topological polar surface area (TPSA) is 73.6 Å². The SMILES string of the molecule is CCCCCOc1cc(C)c(/C=C/c2cccc(-c3ccccc3)c2C#N)cc1CN1CCCC[C@H]1C(=O)O. The van der Waals surface area contributed by atoms with E-state index in [9.17, 15) is 15.2 Å². The summed E-state index contributed by atoms with van der Waals surface area (Å²) >= 11 is 0. The molecule has 0 aromatic heterocycles. The van der Waals surface area contributed by atoms with Crippen molar-refractivity contribution in [2.45, 2.75) is 65.0 Å². The molecular weight excluding hydrogens is 484 g/mol. The van der Waals surface area contributed by atoms with Crippen molar-refractivity contribution in [3.63, 3.8) is 0 Å². The molecule has 0 spiro atoms. The molecule has 5 nitrogen and oxygen atoms in total. The number of nitrogens with zero attached hydrogens (tertiary/aromatic N) is 2. The summed E-state index contributed by atoms with van der Waals surface area (Å²) in [5.41, 5.74) is 6.55. The van der Waals surface area contributed by atoms with Gasteiger partial charge in [-0.15, -0.1) is 0 Å². The minimum atomic E-state index is -0.755. The highest BCUT2D eigenvalue weighted by atomic mass is 16.5. The zero-order valence-electron chi connectivity index (χ0n) is 23.0. The Hall–Kier alpha value is -3.88. The number of unbranched alkanes of at least 4 members (excludes halogenated alkanes) is 2. The summed E-state index contributed by atoms with van der Waals surface area (Å²) in [6, 6.07) is 22.0. The lowest BCUT2D eigenvalue weighted by molar-refractivity contribution is -0.144. The van der Waals surface area contributed by atoms with Crippen LogP contribution in [-0.4, -0.2) is 35.2 Å². The number of carboxylic acid groups (broad SMARTS) is 1. The van der Waals surface area contributed by atoms with E-state index in [4.69, 9.17) is 4.74 Å². The second-order valence-corrected chi connectivity index (χ2v) is 10.3. The van der Waals surface area contributed by atoms with E-state index in [0.29, 0.717) is 25.1 Å². The Labute approximate surface area is 232 Å². The largest absolute Gasteiger partial charge is 0.493 e. The number of likely N-dealkylation sites (tertiary alicyclic amines) is 1. The maximum absolute atomic E-state index is 11.9. The first-order chi connectivity index (χ1) is 19.0. The number of ether oxygens (including phenoxy) is 1. The van der Waals surface area contributed by atoms with Crippen molar-refractivity contribution in [1.29, 1.82) is 5.26 Å². The fraction of sp³-hybridized carbons (Fsp3) is 0.353. The van der Waals surface area contributed by atoms with Crippen molar-refractivity contribution in [3.05, 3.63) is 88.5 Å². The summed E-state index contributed by atoms with van der Waals surface area (Å²) < 4.78 is 6.24. The van der Waals surface area contributed by atoms with Gasteiger partial charge in [-0.25, -0.2) is 0 Å². The Kier molecular flexibility index (Phi) is 9.94. The number of aliphatic carboxylic acids is 1. The highest BCUT2D eigenvalue weighted by Gasteiger charge is 2.29. The third-order valence-corrected chi connectivity index (χ3v) is 7.46. The number of benzene rings is 3. The van der Waals surface area contributed by atoms with Crippen LogP contribution in [0.15, 0.2) is 60.7 Å². The van der Waals surface area contributed by atoms with E-state index in [2.05, 4.69) is 43.0 Å². The Bertz CT molecular complexity index is 1340. The summed E-state index contributed by atoms with van der Waals surface area (Å²) in [4.78, 5) is 14.0. The Balaban J connectivity index is 1.66. The van der Waals surface area contributed by atoms with Crippen molar-refractivity contribution in [3.8, 4) is 22.9 Å². The number of carbonyl (C=O) groups is 1. The predicted octanol–water partition coefficient (Wildman–Crippen LogP) is 7.71. The van der Waals surface area contributed by atoms with Crippen LogP contribution in [0.2, 0.25) is 0 Å². The molecule has 0 aliphatic carbocycles. The van der Waals surface area contributed by atoms with E-state index in [1.807, 2.05) is 54.6 Å². The van der Waals surface area contributed by atoms with Crippen molar-refractivity contribution < 1.29 is 14.6 Å². The maximum atomic E-state index is 11.9. The highest BCUT2D eigenvalue weighted by molar-refractivity contribution is 5.81. The van der Waals surface area contributed by atoms with Gasteiger partial charge in [0.25, 0.3) is 0 Å². The molecule has 1 fully saturated rings. The average Bonchev–Trinajstić information content (AvgIpc) is 2.96. The summed E-state index contributed by atoms with van der Waals surface area (Å²) in [7, 11) is 0. The summed E-state index contributed by atoms with van der Waals surface area (Å²) in [6.45, 7) is 6.19. The van der Waals surface area contributed by atoms with Gasteiger partial charge in [0.1, 0.15) is 17.9 Å². The van der Waals surface area contributed by atoms with E-state index < -0.39 is 12.0 Å². The van der Waals surface area contributed by atoms with Gasteiger partial charge in [-0.05, 0) is 67.1 Å². The molecule has 202 valence electrons. The van der Waals surface area contributed by atoms with E-state index in [1.54, 1.807) is 0 Å². The Morgan fingerprint density at radius 3 is 2.62 bits per heavy atom. The number of hydrogen-bond donors (Lipinski definition) is 1. The maximum Gasteiger partial charge on any atom is 0.320 e. The number of carboxylic acids is 1. The van der Waals surface area contributed by atoms with Crippen LogP contribution in [0.1, 0.15) is 73.3 Å². The van der Waals surface area contributed by atoms with Gasteiger partial charge >= 0.3 is 5.97 Å². The molecule has 1 atom stereocenters. The molecule has 3 aromatic carbocycles. The van der Waals surface area contributed by atoms with Crippen LogP contribution in [0.3, 0.4) is 0 Å². The van der Waals surface area contributed by atoms with Crippen LogP contribution in [0, 0.1) is 18.3 Å². The zero-order valence-corrected chi connectivity index (χ0v) is 23.0. The summed E-state index contributed by atoms with van der Waals surface area (Å²) in [5, 5.41) is 19.8. The van der Waals surface area contributed by atoms with Gasteiger partial charge in [0, 0.05) is 17.7 Å². The first kappa shape index (κ1) is 28.1. The van der Waals surface area contributed by atoms with Crippen LogP contribution in [0.25, 0.3) is 23.3 Å². The third kappa shape index (κ3) is 7.16. The number of hydrogen-bond acceptors (Lipinski definition) is 4. The van der Waals surface area contributed by atoms with E-state index in [1.165, 1.54) is 0 Å². The van der Waals surface area contributed by atoms with Crippen LogP contribution in [0.5, 0.6) is 5.75 Å². The van der Waals surface area contributed by atoms with E-state index in [0.717, 1.165) is 77.8 Å². The van der Waals surface area contributed by atoms with E-state index in [-0.39, 0.29) is 0 Å². The minimum Gasteiger partial charge on any atom is -0.493 e. The zero-order chi connectivity index (χ0) is 27.6. The molecule has 0 radical (unpaired) electrons. The Morgan fingerprint density at radius 2 is 1.87 bits per heavy atom. The van der Waals surface area contributed by atoms with Crippen LogP contribution in [0.4, 0.5) is 0 Å². The normalized spacial score (nSPS) is 15.8. The van der Waals surface area contributed by atoms with Gasteiger partial charge < -0.3 is 9.84 Å². The number of piperidine rings is 1. The molecule has 1 saturated heterocycles. The molecule has 4 rings (SSSR count). The van der Waals surface area contributed by atoms with Crippen molar-refractivity contribution in [2.24, 2.45) is 0 Å². The van der Waals surface area contributed by atoms with Crippen molar-refractivity contribution in [2.75, 3.05) is 13.2 Å². The standard InChI is InChI=1S/C34H38N2O3/c1-3-4-10-20-39-33-21-25(2)28(22-29(33)24-36-19-9-8-16-32(36)34(37)38)18-17-27-14-11-15-30(31(27)23-35)26-12-6-5-7-13-26/h5-7,11-15,17-18,21-22,32H,3-4,8-10,16,19-20,24H2,1-2H3,(H,37,38)/b18-17+/t32-/m0/s1. The molecule has 1 N–H and O–H groups in total. The monoisotopic (exact) mass is 522 g/mol. The minimum absolute atomic E-state index is 0.467. The van der Waals surface area contributed by atoms with Crippen LogP contribution < -0.4 is 4.74 Å². The lowest BCUT2D eigenvalue weighted by Gasteiger charge is -2.33. The highest BCUT2D eigenvalue weighted by Crippen LogP contribution is 2.31. The summed E-state index contributed by atoms with van der Waals surface area (Å²) in [6.07, 6.45) is 9.91.